The Morgan fingerprint density at radius 2 is 1.83 bits per heavy atom. The normalized spacial score (nSPS) is 15.5. The Morgan fingerprint density at radius 1 is 1.14 bits per heavy atom. The Labute approximate surface area is 204 Å². The summed E-state index contributed by atoms with van der Waals surface area (Å²) in [7, 11) is 0. The number of hydrogen-bond acceptors (Lipinski definition) is 6. The summed E-state index contributed by atoms with van der Waals surface area (Å²) in [6.45, 7) is 6.06. The molecule has 0 saturated carbocycles. The van der Waals surface area contributed by atoms with Crippen molar-refractivity contribution in [2.75, 3.05) is 31.9 Å². The van der Waals surface area contributed by atoms with Gasteiger partial charge in [0.2, 0.25) is 0 Å². The Kier molecular flexibility index (Phi) is 6.50. The second-order valence-corrected chi connectivity index (χ2v) is 9.45. The van der Waals surface area contributed by atoms with E-state index in [1.807, 2.05) is 13.8 Å². The number of benzene rings is 1. The lowest BCUT2D eigenvalue weighted by Gasteiger charge is -2.43. The average molecular weight is 509 g/mol. The number of nitrogen functional groups attached to an aromatic ring is 1. The molecule has 3 heterocycles. The summed E-state index contributed by atoms with van der Waals surface area (Å²) in [5.41, 5.74) is 5.20. The number of hydrogen-bond donors (Lipinski definition) is 2. The maximum atomic E-state index is 13.6. The van der Waals surface area contributed by atoms with E-state index >= 15 is 0 Å². The van der Waals surface area contributed by atoms with Crippen molar-refractivity contribution in [2.24, 2.45) is 0 Å². The lowest BCUT2D eigenvalue weighted by atomic mass is 9.92. The molecule has 0 unspecified atom stereocenters. The zero-order valence-electron chi connectivity index (χ0n) is 19.1. The maximum absolute atomic E-state index is 13.6. The van der Waals surface area contributed by atoms with Gasteiger partial charge in [-0.25, -0.2) is 19.7 Å². The van der Waals surface area contributed by atoms with E-state index in [-0.39, 0.29) is 27.6 Å². The number of alkyl halides is 3. The molecule has 186 valence electrons. The van der Waals surface area contributed by atoms with Gasteiger partial charge in [-0.05, 0) is 38.1 Å². The first-order valence-electron chi connectivity index (χ1n) is 10.9. The molecule has 0 atom stereocenters. The first-order valence-corrected chi connectivity index (χ1v) is 11.2. The topological polar surface area (TPSA) is 108 Å². The number of rotatable bonds is 4. The van der Waals surface area contributed by atoms with Crippen molar-refractivity contribution in [1.82, 2.24) is 24.8 Å². The summed E-state index contributed by atoms with van der Waals surface area (Å²) in [5.74, 6) is -0.0581. The number of carbonyl (C=O) groups is 1. The third-order valence-corrected chi connectivity index (χ3v) is 6.60. The van der Waals surface area contributed by atoms with Crippen molar-refractivity contribution >= 4 is 34.4 Å². The first-order chi connectivity index (χ1) is 16.4. The number of pyridine rings is 1. The molecule has 3 N–H and O–H groups in total. The molecule has 0 bridgehead atoms. The van der Waals surface area contributed by atoms with Crippen LogP contribution in [0.15, 0.2) is 30.6 Å². The Hall–Kier alpha value is -3.18. The molecule has 1 aliphatic heterocycles. The van der Waals surface area contributed by atoms with Crippen LogP contribution in [0.4, 0.5) is 23.8 Å². The molecule has 2 aromatic heterocycles. The summed E-state index contributed by atoms with van der Waals surface area (Å²) in [4.78, 5) is 27.4. The highest BCUT2D eigenvalue weighted by atomic mass is 35.5. The van der Waals surface area contributed by atoms with Gasteiger partial charge in [0.1, 0.15) is 12.1 Å². The monoisotopic (exact) mass is 508 g/mol. The fourth-order valence-corrected chi connectivity index (χ4v) is 4.64. The Morgan fingerprint density at radius 3 is 2.46 bits per heavy atom. The van der Waals surface area contributed by atoms with Crippen molar-refractivity contribution in [1.29, 1.82) is 0 Å². The molecule has 1 aromatic carbocycles. The van der Waals surface area contributed by atoms with Crippen molar-refractivity contribution in [2.45, 2.75) is 32.0 Å². The second-order valence-electron chi connectivity index (χ2n) is 9.05. The van der Waals surface area contributed by atoms with Crippen molar-refractivity contribution < 1.29 is 23.1 Å². The molecule has 0 aliphatic carbocycles. The maximum Gasteiger partial charge on any atom is 0.418 e. The number of amides is 1. The van der Waals surface area contributed by atoms with Gasteiger partial charge in [0, 0.05) is 49.1 Å². The van der Waals surface area contributed by atoms with E-state index < -0.39 is 17.8 Å². The van der Waals surface area contributed by atoms with Crippen LogP contribution >= 0.6 is 11.6 Å². The fourth-order valence-electron chi connectivity index (χ4n) is 4.39. The van der Waals surface area contributed by atoms with Gasteiger partial charge >= 0.3 is 12.3 Å². The van der Waals surface area contributed by atoms with Crippen LogP contribution in [0.1, 0.15) is 25.1 Å². The van der Waals surface area contributed by atoms with Crippen LogP contribution in [0, 0.1) is 0 Å². The molecule has 1 aliphatic rings. The quantitative estimate of drug-likeness (QED) is 0.531. The third-order valence-electron chi connectivity index (χ3n) is 6.29. The lowest BCUT2D eigenvalue weighted by molar-refractivity contribution is -0.137. The molecule has 1 saturated heterocycles. The molecule has 1 fully saturated rings. The Bertz CT molecular complexity index is 1280. The van der Waals surface area contributed by atoms with Gasteiger partial charge in [-0.15, -0.1) is 0 Å². The molecule has 0 radical (unpaired) electrons. The zero-order valence-corrected chi connectivity index (χ0v) is 19.9. The van der Waals surface area contributed by atoms with Gasteiger partial charge in [-0.3, -0.25) is 4.90 Å². The number of anilines is 1. The fraction of sp³-hybridized carbons (Fsp3) is 0.391. The summed E-state index contributed by atoms with van der Waals surface area (Å²) < 4.78 is 40.9. The summed E-state index contributed by atoms with van der Waals surface area (Å²) in [5, 5.41) is 9.89. The minimum Gasteiger partial charge on any atom is -0.465 e. The predicted octanol–water partition coefficient (Wildman–Crippen LogP) is 4.56. The highest BCUT2D eigenvalue weighted by Crippen LogP contribution is 2.40. The molecule has 35 heavy (non-hydrogen) atoms. The minimum atomic E-state index is -4.64. The van der Waals surface area contributed by atoms with Gasteiger partial charge in [0.15, 0.2) is 0 Å². The number of halogens is 4. The van der Waals surface area contributed by atoms with Crippen molar-refractivity contribution in [3.05, 3.63) is 46.9 Å². The van der Waals surface area contributed by atoms with E-state index in [4.69, 9.17) is 17.3 Å². The van der Waals surface area contributed by atoms with E-state index in [0.717, 1.165) is 12.1 Å². The molecule has 0 spiro atoms. The molecular weight excluding hydrogens is 485 g/mol. The number of nitrogens with two attached hydrogens (primary N) is 1. The molecule has 8 nitrogen and oxygen atoms in total. The highest BCUT2D eigenvalue weighted by Gasteiger charge is 2.36. The smallest absolute Gasteiger partial charge is 0.418 e. The third kappa shape index (κ3) is 5.10. The van der Waals surface area contributed by atoms with Gasteiger partial charge < -0.3 is 15.7 Å². The van der Waals surface area contributed by atoms with Gasteiger partial charge in [-0.2, -0.15) is 13.2 Å². The molecule has 12 heteroatoms. The van der Waals surface area contributed by atoms with E-state index in [9.17, 15) is 23.1 Å². The van der Waals surface area contributed by atoms with Crippen molar-refractivity contribution in [3.63, 3.8) is 0 Å². The van der Waals surface area contributed by atoms with E-state index in [2.05, 4.69) is 19.9 Å². The summed E-state index contributed by atoms with van der Waals surface area (Å²) in [6, 6.07) is 5.01. The van der Waals surface area contributed by atoms with E-state index in [0.29, 0.717) is 49.2 Å². The highest BCUT2D eigenvalue weighted by molar-refractivity contribution is 6.34. The van der Waals surface area contributed by atoms with Crippen LogP contribution in [0.3, 0.4) is 0 Å². The number of nitrogens with zero attached hydrogens (tertiary/aromatic N) is 5. The SMILES string of the molecule is CC(C)(Cc1ncnc2cc(-c3nc(N)ccc3C(F)(F)F)c(Cl)cc12)N1CCN(C(=O)O)CC1. The molecule has 1 amide bonds. The summed E-state index contributed by atoms with van der Waals surface area (Å²) in [6.07, 6.45) is -3.71. The van der Waals surface area contributed by atoms with Crippen molar-refractivity contribution in [3.8, 4) is 11.3 Å². The van der Waals surface area contributed by atoms with Crippen LogP contribution in [-0.2, 0) is 12.6 Å². The standard InChI is InChI=1S/C23H24ClF3N6O2/c1-22(2,33-7-5-32(6-8-33)21(34)35)11-18-14-9-16(24)13(10-17(14)29-12-30-18)20-15(23(25,26)27)3-4-19(28)31-20/h3-4,9-10,12H,5-8,11H2,1-2H3,(H2,28,31)(H,34,35). The van der Waals surface area contributed by atoms with Gasteiger partial charge in [0.25, 0.3) is 0 Å². The first kappa shape index (κ1) is 24.9. The predicted molar refractivity (Wildman–Crippen MR) is 126 cm³/mol. The number of carboxylic acid groups (broad SMARTS) is 1. The average Bonchev–Trinajstić information content (AvgIpc) is 2.78. The lowest BCUT2D eigenvalue weighted by Crippen LogP contribution is -2.56. The summed E-state index contributed by atoms with van der Waals surface area (Å²) >= 11 is 6.47. The molecule has 4 rings (SSSR count). The van der Waals surface area contributed by atoms with E-state index in [1.54, 1.807) is 6.07 Å². The van der Waals surface area contributed by atoms with Gasteiger partial charge in [-0.1, -0.05) is 11.6 Å². The minimum absolute atomic E-state index is 0.0581. The number of fused-ring (bicyclic) bond motifs is 1. The number of piperazine rings is 1. The van der Waals surface area contributed by atoms with Crippen LogP contribution in [0.2, 0.25) is 5.02 Å². The zero-order chi connectivity index (χ0) is 25.5. The Balaban J connectivity index is 1.69. The van der Waals surface area contributed by atoms with Crippen LogP contribution in [0.25, 0.3) is 22.2 Å². The van der Waals surface area contributed by atoms with E-state index in [1.165, 1.54) is 17.3 Å². The second kappa shape index (κ2) is 9.12. The molecule has 3 aromatic rings. The largest absolute Gasteiger partial charge is 0.465 e. The van der Waals surface area contributed by atoms with Crippen LogP contribution < -0.4 is 5.73 Å². The number of aromatic nitrogens is 3. The van der Waals surface area contributed by atoms with Crippen LogP contribution in [-0.4, -0.2) is 67.7 Å². The van der Waals surface area contributed by atoms with Gasteiger partial charge in [0.05, 0.1) is 27.5 Å². The molecular formula is C23H24ClF3N6O2. The van der Waals surface area contributed by atoms with Crippen LogP contribution in [0.5, 0.6) is 0 Å².